The maximum Gasteiger partial charge on any atom is 0.401 e. The summed E-state index contributed by atoms with van der Waals surface area (Å²) in [4.78, 5) is 21.5. The largest absolute Gasteiger partial charge is 0.493 e. The molecule has 0 aliphatic heterocycles. The van der Waals surface area contributed by atoms with Crippen molar-refractivity contribution in [2.24, 2.45) is 0 Å². The molecule has 8 nitrogen and oxygen atoms in total. The first-order chi connectivity index (χ1) is 18.9. The zero-order valence-corrected chi connectivity index (χ0v) is 22.4. The van der Waals surface area contributed by atoms with Crippen molar-refractivity contribution in [3.8, 4) is 22.8 Å². The van der Waals surface area contributed by atoms with Crippen LogP contribution in [-0.2, 0) is 16.6 Å². The van der Waals surface area contributed by atoms with Gasteiger partial charge < -0.3 is 19.3 Å². The molecule has 0 saturated carbocycles. The topological polar surface area (TPSA) is 99.4 Å². The van der Waals surface area contributed by atoms with Crippen molar-refractivity contribution in [3.05, 3.63) is 59.7 Å². The van der Waals surface area contributed by atoms with E-state index in [1.807, 2.05) is 0 Å². The van der Waals surface area contributed by atoms with Crippen molar-refractivity contribution in [2.45, 2.75) is 51.6 Å². The molecule has 1 N–H and O–H groups in total. The lowest BCUT2D eigenvalue weighted by atomic mass is 9.89. The second-order valence-electron chi connectivity index (χ2n) is 9.68. The van der Waals surface area contributed by atoms with Gasteiger partial charge in [-0.1, -0.05) is 30.6 Å². The van der Waals surface area contributed by atoms with Crippen LogP contribution < -0.4 is 14.8 Å². The van der Waals surface area contributed by atoms with Crippen LogP contribution in [0.1, 0.15) is 44.9 Å². The van der Waals surface area contributed by atoms with E-state index < -0.39 is 29.1 Å². The van der Waals surface area contributed by atoms with E-state index in [1.165, 1.54) is 25.4 Å². The number of benzene rings is 2. The quantitative estimate of drug-likeness (QED) is 0.172. The number of halogens is 4. The van der Waals surface area contributed by atoms with Crippen molar-refractivity contribution >= 4 is 22.8 Å². The van der Waals surface area contributed by atoms with Gasteiger partial charge in [0.05, 0.1) is 43.1 Å². The molecule has 0 bridgehead atoms. The Hall–Kier alpha value is -4.22. The fraction of sp³-hybridized carbons (Fsp3) is 0.357. The molecule has 0 unspecified atom stereocenters. The molecule has 0 atom stereocenters. The lowest BCUT2D eigenvalue weighted by Crippen LogP contribution is -2.35. The van der Waals surface area contributed by atoms with E-state index in [9.17, 15) is 22.4 Å². The number of nitrogens with one attached hydrogen (secondary N) is 1. The van der Waals surface area contributed by atoms with Gasteiger partial charge in [-0.2, -0.15) is 13.2 Å². The Morgan fingerprint density at radius 3 is 2.50 bits per heavy atom. The summed E-state index contributed by atoms with van der Waals surface area (Å²) in [6, 6.07) is 8.71. The minimum absolute atomic E-state index is 0.0747. The van der Waals surface area contributed by atoms with E-state index in [-0.39, 0.29) is 17.8 Å². The van der Waals surface area contributed by atoms with E-state index in [4.69, 9.17) is 14.0 Å². The maximum atomic E-state index is 15.0. The van der Waals surface area contributed by atoms with Crippen molar-refractivity contribution in [1.82, 2.24) is 15.1 Å². The Balaban J connectivity index is 1.49. The molecule has 0 spiro atoms. The molecule has 12 heteroatoms. The smallest absolute Gasteiger partial charge is 0.401 e. The third-order valence-electron chi connectivity index (χ3n) is 6.39. The average molecular weight is 561 g/mol. The molecule has 0 aliphatic carbocycles. The summed E-state index contributed by atoms with van der Waals surface area (Å²) in [7, 11) is 1.54. The Morgan fingerprint density at radius 1 is 1.07 bits per heavy atom. The van der Waals surface area contributed by atoms with Gasteiger partial charge in [0, 0.05) is 23.8 Å². The summed E-state index contributed by atoms with van der Waals surface area (Å²) in [5.41, 5.74) is -0.260. The number of hydrogen-bond acceptors (Lipinski definition) is 7. The molecule has 2 heterocycles. The van der Waals surface area contributed by atoms with Crippen molar-refractivity contribution in [1.29, 1.82) is 0 Å². The first-order valence-corrected chi connectivity index (χ1v) is 12.5. The highest BCUT2D eigenvalue weighted by Crippen LogP contribution is 2.41. The summed E-state index contributed by atoms with van der Waals surface area (Å²) in [5, 5.41) is 5.82. The van der Waals surface area contributed by atoms with Crippen LogP contribution in [0.2, 0.25) is 0 Å². The Bertz CT molecular complexity index is 1520. The third kappa shape index (κ3) is 6.16. The number of methoxy groups -OCH3 is 1. The van der Waals surface area contributed by atoms with Crippen LogP contribution in [0.25, 0.3) is 22.3 Å². The average Bonchev–Trinajstić information content (AvgIpc) is 3.37. The van der Waals surface area contributed by atoms with Crippen LogP contribution in [-0.4, -0.2) is 40.9 Å². The lowest BCUT2D eigenvalue weighted by Gasteiger charge is -2.24. The summed E-state index contributed by atoms with van der Waals surface area (Å²) in [5.74, 6) is -0.928. The number of fused-ring (bicyclic) bond motifs is 1. The standard InChI is InChI=1S/C28H28F4N4O4/c1-5-6-9-39-23-13-20-19(12-22(23)38-4)33-15-21(34-20)17-8-7-16(18(29)10-17)11-26(37)35-25-14-24(40-36-25)27(2,3)28(30,31)32/h7-8,10,12-15H,5-6,9,11H2,1-4H3,(H,35,36,37). The van der Waals surface area contributed by atoms with Crippen molar-refractivity contribution in [3.63, 3.8) is 0 Å². The van der Waals surface area contributed by atoms with Gasteiger partial charge in [-0.25, -0.2) is 9.37 Å². The minimum Gasteiger partial charge on any atom is -0.493 e. The third-order valence-corrected chi connectivity index (χ3v) is 6.39. The zero-order valence-electron chi connectivity index (χ0n) is 22.4. The molecule has 0 saturated heterocycles. The molecular formula is C28H28F4N4O4. The first kappa shape index (κ1) is 28.8. The van der Waals surface area contributed by atoms with Crippen LogP contribution in [0.15, 0.2) is 47.1 Å². The number of ether oxygens (including phenoxy) is 2. The fourth-order valence-electron chi connectivity index (χ4n) is 3.74. The van der Waals surface area contributed by atoms with E-state index >= 15 is 0 Å². The van der Waals surface area contributed by atoms with Gasteiger partial charge in [0.25, 0.3) is 0 Å². The monoisotopic (exact) mass is 560 g/mol. The molecule has 2 aromatic heterocycles. The SMILES string of the molecule is CCCCOc1cc2nc(-c3ccc(CC(=O)Nc4cc(C(C)(C)C(F)(F)F)on4)c(F)c3)cnc2cc1OC. The van der Waals surface area contributed by atoms with Gasteiger partial charge in [-0.3, -0.25) is 9.78 Å². The number of carbonyl (C=O) groups is 1. The number of hydrogen-bond donors (Lipinski definition) is 1. The molecule has 0 radical (unpaired) electrons. The van der Waals surface area contributed by atoms with Crippen LogP contribution in [0.5, 0.6) is 11.5 Å². The fourth-order valence-corrected chi connectivity index (χ4v) is 3.74. The van der Waals surface area contributed by atoms with Crippen LogP contribution >= 0.6 is 0 Å². The number of anilines is 1. The zero-order chi connectivity index (χ0) is 29.1. The predicted octanol–water partition coefficient (Wildman–Crippen LogP) is 6.63. The number of nitrogens with zero attached hydrogens (tertiary/aromatic N) is 3. The predicted molar refractivity (Wildman–Crippen MR) is 140 cm³/mol. The summed E-state index contributed by atoms with van der Waals surface area (Å²) in [6.07, 6.45) is -1.59. The van der Waals surface area contributed by atoms with Gasteiger partial charge in [-0.15, -0.1) is 0 Å². The summed E-state index contributed by atoms with van der Waals surface area (Å²) in [6.45, 7) is 4.46. The Morgan fingerprint density at radius 2 is 1.82 bits per heavy atom. The second-order valence-corrected chi connectivity index (χ2v) is 9.68. The van der Waals surface area contributed by atoms with Gasteiger partial charge in [0.1, 0.15) is 11.2 Å². The van der Waals surface area contributed by atoms with E-state index in [1.54, 1.807) is 18.2 Å². The first-order valence-electron chi connectivity index (χ1n) is 12.5. The van der Waals surface area contributed by atoms with Gasteiger partial charge in [-0.05, 0) is 31.9 Å². The molecule has 212 valence electrons. The molecular weight excluding hydrogens is 532 g/mol. The summed E-state index contributed by atoms with van der Waals surface area (Å²) >= 11 is 0. The molecule has 0 aliphatic rings. The number of aromatic nitrogens is 3. The normalized spacial score (nSPS) is 12.0. The van der Waals surface area contributed by atoms with E-state index in [0.717, 1.165) is 32.8 Å². The Kier molecular flexibility index (Phi) is 8.26. The number of carbonyl (C=O) groups excluding carboxylic acids is 1. The molecule has 4 aromatic rings. The van der Waals surface area contributed by atoms with Crippen LogP contribution in [0.4, 0.5) is 23.4 Å². The van der Waals surface area contributed by atoms with Gasteiger partial charge >= 0.3 is 6.18 Å². The number of alkyl halides is 3. The molecule has 1 amide bonds. The summed E-state index contributed by atoms with van der Waals surface area (Å²) < 4.78 is 70.6. The van der Waals surface area contributed by atoms with Crippen molar-refractivity contribution in [2.75, 3.05) is 19.0 Å². The van der Waals surface area contributed by atoms with Crippen LogP contribution in [0, 0.1) is 5.82 Å². The highest BCUT2D eigenvalue weighted by molar-refractivity contribution is 5.91. The number of rotatable bonds is 10. The van der Waals surface area contributed by atoms with Gasteiger partial charge in [0.15, 0.2) is 23.1 Å². The van der Waals surface area contributed by atoms with E-state index in [2.05, 4.69) is 27.4 Å². The number of amides is 1. The maximum absolute atomic E-state index is 15.0. The molecule has 2 aromatic carbocycles. The van der Waals surface area contributed by atoms with Crippen LogP contribution in [0.3, 0.4) is 0 Å². The Labute approximate surface area is 227 Å². The molecule has 40 heavy (non-hydrogen) atoms. The molecule has 0 fully saturated rings. The molecule has 4 rings (SSSR count). The highest BCUT2D eigenvalue weighted by atomic mass is 19.4. The van der Waals surface area contributed by atoms with E-state index in [0.29, 0.717) is 40.4 Å². The minimum atomic E-state index is -4.58. The van der Waals surface area contributed by atoms with Crippen molar-refractivity contribution < 1.29 is 36.4 Å². The highest BCUT2D eigenvalue weighted by Gasteiger charge is 2.51. The number of unbranched alkanes of at least 4 members (excludes halogenated alkanes) is 1. The van der Waals surface area contributed by atoms with Gasteiger partial charge in [0.2, 0.25) is 5.91 Å². The lowest BCUT2D eigenvalue weighted by molar-refractivity contribution is -0.185. The second kappa shape index (κ2) is 11.5.